The van der Waals surface area contributed by atoms with Crippen LogP contribution in [0.3, 0.4) is 0 Å². The van der Waals surface area contributed by atoms with E-state index in [1.807, 2.05) is 12.1 Å². The highest BCUT2D eigenvalue weighted by molar-refractivity contribution is 5.48. The average molecular weight is 266 g/mol. The first-order valence-electron chi connectivity index (χ1n) is 6.63. The highest BCUT2D eigenvalue weighted by Crippen LogP contribution is 2.14. The molecule has 1 N–H and O–H groups in total. The Morgan fingerprint density at radius 3 is 2.45 bits per heavy atom. The number of ether oxygens (including phenoxy) is 1. The van der Waals surface area contributed by atoms with Gasteiger partial charge in [0, 0.05) is 12.2 Å². The van der Waals surface area contributed by atoms with Crippen molar-refractivity contribution in [3.8, 4) is 11.8 Å². The predicted octanol–water partition coefficient (Wildman–Crippen LogP) is 3.67. The lowest BCUT2D eigenvalue weighted by atomic mass is 10.1. The van der Waals surface area contributed by atoms with Gasteiger partial charge in [0.1, 0.15) is 12.4 Å². The van der Waals surface area contributed by atoms with Gasteiger partial charge in [0.05, 0.1) is 11.6 Å². The minimum atomic E-state index is 0.582. The largest absolute Gasteiger partial charge is 0.492 e. The standard InChI is InChI=1S/C17H18N2O/c1-13-3-6-16(11-14(13)2)19-9-10-20-17-7-4-15(12-18)5-8-17/h3-8,11,19H,9-10H2,1-2H3. The molecule has 0 saturated carbocycles. The molecule has 2 aromatic rings. The Bertz CT molecular complexity index is 612. The third-order valence-electron chi connectivity index (χ3n) is 3.19. The third-order valence-corrected chi connectivity index (χ3v) is 3.19. The van der Waals surface area contributed by atoms with Gasteiger partial charge < -0.3 is 10.1 Å². The number of nitriles is 1. The molecule has 0 fully saturated rings. The second-order valence-corrected chi connectivity index (χ2v) is 4.71. The first-order chi connectivity index (χ1) is 9.69. The molecule has 0 aromatic heterocycles. The van der Waals surface area contributed by atoms with Crippen molar-refractivity contribution < 1.29 is 4.74 Å². The zero-order chi connectivity index (χ0) is 14.4. The predicted molar refractivity (Wildman–Crippen MR) is 81.1 cm³/mol. The van der Waals surface area contributed by atoms with E-state index in [-0.39, 0.29) is 0 Å². The average Bonchev–Trinajstić information content (AvgIpc) is 2.48. The number of hydrogen-bond acceptors (Lipinski definition) is 3. The molecule has 0 amide bonds. The van der Waals surface area contributed by atoms with Crippen molar-refractivity contribution in [1.82, 2.24) is 0 Å². The van der Waals surface area contributed by atoms with Gasteiger partial charge in [0.2, 0.25) is 0 Å². The summed E-state index contributed by atoms with van der Waals surface area (Å²) < 4.78 is 5.61. The molecule has 20 heavy (non-hydrogen) atoms. The zero-order valence-corrected chi connectivity index (χ0v) is 11.8. The van der Waals surface area contributed by atoms with Gasteiger partial charge in [-0.2, -0.15) is 5.26 Å². The first kappa shape index (κ1) is 14.0. The van der Waals surface area contributed by atoms with E-state index in [0.717, 1.165) is 18.0 Å². The molecule has 0 atom stereocenters. The molecule has 0 heterocycles. The van der Waals surface area contributed by atoms with Gasteiger partial charge in [-0.3, -0.25) is 0 Å². The second-order valence-electron chi connectivity index (χ2n) is 4.71. The number of benzene rings is 2. The monoisotopic (exact) mass is 266 g/mol. The van der Waals surface area contributed by atoms with Crippen LogP contribution in [0.4, 0.5) is 5.69 Å². The number of rotatable bonds is 5. The minimum absolute atomic E-state index is 0.582. The number of aryl methyl sites for hydroxylation is 2. The van der Waals surface area contributed by atoms with E-state index >= 15 is 0 Å². The van der Waals surface area contributed by atoms with Crippen LogP contribution in [0.15, 0.2) is 42.5 Å². The fourth-order valence-corrected chi connectivity index (χ4v) is 1.84. The van der Waals surface area contributed by atoms with Crippen molar-refractivity contribution in [3.63, 3.8) is 0 Å². The summed E-state index contributed by atoms with van der Waals surface area (Å²) in [5.41, 5.74) is 4.33. The van der Waals surface area contributed by atoms with E-state index in [1.54, 1.807) is 12.1 Å². The summed E-state index contributed by atoms with van der Waals surface area (Å²) in [6.45, 7) is 5.53. The van der Waals surface area contributed by atoms with Gasteiger partial charge in [-0.1, -0.05) is 6.07 Å². The van der Waals surface area contributed by atoms with Crippen LogP contribution in [0, 0.1) is 25.2 Å². The highest BCUT2D eigenvalue weighted by Gasteiger charge is 1.97. The second kappa shape index (κ2) is 6.63. The highest BCUT2D eigenvalue weighted by atomic mass is 16.5. The zero-order valence-electron chi connectivity index (χ0n) is 11.8. The molecule has 102 valence electrons. The molecule has 0 saturated heterocycles. The maximum atomic E-state index is 8.71. The topological polar surface area (TPSA) is 45.0 Å². The summed E-state index contributed by atoms with van der Waals surface area (Å²) in [4.78, 5) is 0. The van der Waals surface area contributed by atoms with Gasteiger partial charge in [-0.15, -0.1) is 0 Å². The fourth-order valence-electron chi connectivity index (χ4n) is 1.84. The summed E-state index contributed by atoms with van der Waals surface area (Å²) in [7, 11) is 0. The van der Waals surface area contributed by atoms with Crippen LogP contribution in [0.5, 0.6) is 5.75 Å². The van der Waals surface area contributed by atoms with Crippen LogP contribution in [0.25, 0.3) is 0 Å². The summed E-state index contributed by atoms with van der Waals surface area (Å²) in [6.07, 6.45) is 0. The maximum absolute atomic E-state index is 8.71. The summed E-state index contributed by atoms with van der Waals surface area (Å²) in [5, 5.41) is 12.0. The number of nitrogens with zero attached hydrogens (tertiary/aromatic N) is 1. The number of anilines is 1. The molecule has 2 aromatic carbocycles. The van der Waals surface area contributed by atoms with Gasteiger partial charge >= 0.3 is 0 Å². The molecule has 0 aliphatic rings. The van der Waals surface area contributed by atoms with E-state index in [4.69, 9.17) is 10.00 Å². The van der Waals surface area contributed by atoms with Crippen LogP contribution in [-0.4, -0.2) is 13.2 Å². The SMILES string of the molecule is Cc1ccc(NCCOc2ccc(C#N)cc2)cc1C. The molecule has 0 radical (unpaired) electrons. The van der Waals surface area contributed by atoms with Gasteiger partial charge in [0.15, 0.2) is 0 Å². The maximum Gasteiger partial charge on any atom is 0.119 e. The Morgan fingerprint density at radius 1 is 1.05 bits per heavy atom. The molecule has 2 rings (SSSR count). The molecular weight excluding hydrogens is 248 g/mol. The van der Waals surface area contributed by atoms with Crippen molar-refractivity contribution in [3.05, 3.63) is 59.2 Å². The Labute approximate surface area is 119 Å². The van der Waals surface area contributed by atoms with Crippen molar-refractivity contribution in [2.75, 3.05) is 18.5 Å². The van der Waals surface area contributed by atoms with E-state index in [1.165, 1.54) is 11.1 Å². The van der Waals surface area contributed by atoms with Crippen LogP contribution in [-0.2, 0) is 0 Å². The Kier molecular flexibility index (Phi) is 4.62. The van der Waals surface area contributed by atoms with Crippen molar-refractivity contribution in [2.45, 2.75) is 13.8 Å². The lowest BCUT2D eigenvalue weighted by molar-refractivity contribution is 0.333. The smallest absolute Gasteiger partial charge is 0.119 e. The summed E-state index contributed by atoms with van der Waals surface area (Å²) >= 11 is 0. The van der Waals surface area contributed by atoms with Crippen LogP contribution < -0.4 is 10.1 Å². The van der Waals surface area contributed by atoms with E-state index < -0.39 is 0 Å². The number of hydrogen-bond donors (Lipinski definition) is 1. The van der Waals surface area contributed by atoms with Crippen LogP contribution in [0.1, 0.15) is 16.7 Å². The number of nitrogens with one attached hydrogen (secondary N) is 1. The molecule has 0 spiro atoms. The molecular formula is C17H18N2O. The first-order valence-corrected chi connectivity index (χ1v) is 6.63. The molecule has 0 aliphatic heterocycles. The van der Waals surface area contributed by atoms with Gasteiger partial charge in [-0.25, -0.2) is 0 Å². The van der Waals surface area contributed by atoms with Gasteiger partial charge in [0.25, 0.3) is 0 Å². The Hall–Kier alpha value is -2.47. The summed E-state index contributed by atoms with van der Waals surface area (Å²) in [6, 6.07) is 15.5. The minimum Gasteiger partial charge on any atom is -0.492 e. The third kappa shape index (κ3) is 3.76. The normalized spacial score (nSPS) is 9.85. The van der Waals surface area contributed by atoms with E-state index in [9.17, 15) is 0 Å². The lowest BCUT2D eigenvalue weighted by Gasteiger charge is -2.10. The summed E-state index contributed by atoms with van der Waals surface area (Å²) in [5.74, 6) is 0.783. The van der Waals surface area contributed by atoms with E-state index in [2.05, 4.69) is 43.4 Å². The Morgan fingerprint density at radius 2 is 1.80 bits per heavy atom. The molecule has 3 heteroatoms. The molecule has 0 unspecified atom stereocenters. The lowest BCUT2D eigenvalue weighted by Crippen LogP contribution is -2.11. The van der Waals surface area contributed by atoms with Crippen molar-refractivity contribution in [1.29, 1.82) is 5.26 Å². The van der Waals surface area contributed by atoms with Gasteiger partial charge in [-0.05, 0) is 61.4 Å². The van der Waals surface area contributed by atoms with Crippen molar-refractivity contribution >= 4 is 5.69 Å². The van der Waals surface area contributed by atoms with Crippen molar-refractivity contribution in [2.24, 2.45) is 0 Å². The van der Waals surface area contributed by atoms with Crippen LogP contribution >= 0.6 is 0 Å². The molecule has 3 nitrogen and oxygen atoms in total. The van der Waals surface area contributed by atoms with E-state index in [0.29, 0.717) is 12.2 Å². The van der Waals surface area contributed by atoms with Crippen LogP contribution in [0.2, 0.25) is 0 Å². The fraction of sp³-hybridized carbons (Fsp3) is 0.235. The quantitative estimate of drug-likeness (QED) is 0.840. The molecule has 0 bridgehead atoms. The molecule has 0 aliphatic carbocycles. The Balaban J connectivity index is 1.78.